The van der Waals surface area contributed by atoms with Gasteiger partial charge in [-0.3, -0.25) is 14.6 Å². The van der Waals surface area contributed by atoms with Gasteiger partial charge in [0.2, 0.25) is 0 Å². The fourth-order valence-electron chi connectivity index (χ4n) is 4.64. The number of aromatic nitrogens is 4. The van der Waals surface area contributed by atoms with Crippen LogP contribution in [0.4, 0.5) is 5.82 Å². The van der Waals surface area contributed by atoms with E-state index in [0.717, 1.165) is 42.3 Å². The minimum Gasteiger partial charge on any atom is -0.369 e. The van der Waals surface area contributed by atoms with Gasteiger partial charge in [0.25, 0.3) is 5.91 Å². The fourth-order valence-corrected chi connectivity index (χ4v) is 4.64. The molecule has 3 aliphatic rings. The second kappa shape index (κ2) is 7.16. The Hall–Kier alpha value is -2.35. The quantitative estimate of drug-likeness (QED) is 0.856. The minimum atomic E-state index is -0.0646. The van der Waals surface area contributed by atoms with E-state index in [0.29, 0.717) is 25.6 Å². The Balaban J connectivity index is 1.31. The number of aromatic amines is 1. The lowest BCUT2D eigenvalue weighted by molar-refractivity contribution is -0.00716. The summed E-state index contributed by atoms with van der Waals surface area (Å²) in [5.41, 5.74) is 4.01. The second-order valence-electron chi connectivity index (χ2n) is 8.56. The van der Waals surface area contributed by atoms with Crippen molar-refractivity contribution in [3.05, 3.63) is 28.7 Å². The van der Waals surface area contributed by atoms with E-state index in [9.17, 15) is 4.79 Å². The third kappa shape index (κ3) is 3.33. The Morgan fingerprint density at radius 1 is 1.24 bits per heavy atom. The van der Waals surface area contributed by atoms with E-state index in [1.54, 1.807) is 0 Å². The molecule has 29 heavy (non-hydrogen) atoms. The summed E-state index contributed by atoms with van der Waals surface area (Å²) in [5.74, 6) is 1.78. The van der Waals surface area contributed by atoms with E-state index < -0.39 is 0 Å². The van der Waals surface area contributed by atoms with Crippen molar-refractivity contribution >= 4 is 11.7 Å². The average Bonchev–Trinajstić information content (AvgIpc) is 3.33. The van der Waals surface area contributed by atoms with Gasteiger partial charge >= 0.3 is 0 Å². The Morgan fingerprint density at radius 2 is 2.00 bits per heavy atom. The molecule has 1 saturated heterocycles. The van der Waals surface area contributed by atoms with Gasteiger partial charge in [-0.25, -0.2) is 0 Å². The first-order valence-corrected chi connectivity index (χ1v) is 10.9. The number of nitrogens with one attached hydrogen (secondary N) is 1. The highest BCUT2D eigenvalue weighted by atomic mass is 16.5. The lowest BCUT2D eigenvalue weighted by atomic mass is 9.99. The number of fused-ring (bicyclic) bond motifs is 1. The molecule has 1 aliphatic carbocycles. The first kappa shape index (κ1) is 18.7. The molecule has 1 amide bonds. The third-order valence-electron chi connectivity index (χ3n) is 6.39. The predicted molar refractivity (Wildman–Crippen MR) is 109 cm³/mol. The van der Waals surface area contributed by atoms with Gasteiger partial charge in [-0.05, 0) is 33.6 Å². The maximum Gasteiger partial charge on any atom is 0.272 e. The molecular weight excluding hydrogens is 368 g/mol. The van der Waals surface area contributed by atoms with Gasteiger partial charge in [-0.15, -0.1) is 0 Å². The number of hydrogen-bond donors (Lipinski definition) is 1. The number of ether oxygens (including phenoxy) is 1. The maximum atomic E-state index is 13.5. The molecule has 8 nitrogen and oxygen atoms in total. The topological polar surface area (TPSA) is 79.3 Å². The fraction of sp³-hybridized carbons (Fsp3) is 0.667. The van der Waals surface area contributed by atoms with Crippen molar-refractivity contribution in [2.75, 3.05) is 31.1 Å². The molecule has 156 valence electrons. The van der Waals surface area contributed by atoms with Crippen LogP contribution in [-0.4, -0.2) is 63.1 Å². The number of hydrogen-bond acceptors (Lipinski definition) is 5. The van der Waals surface area contributed by atoms with Crippen LogP contribution in [0.15, 0.2) is 6.07 Å². The summed E-state index contributed by atoms with van der Waals surface area (Å²) >= 11 is 0. The summed E-state index contributed by atoms with van der Waals surface area (Å²) in [6.45, 7) is 9.83. The molecule has 0 unspecified atom stereocenters. The minimum absolute atomic E-state index is 0.0646. The van der Waals surface area contributed by atoms with Crippen LogP contribution in [0.3, 0.4) is 0 Å². The van der Waals surface area contributed by atoms with Crippen LogP contribution >= 0.6 is 0 Å². The van der Waals surface area contributed by atoms with E-state index in [1.165, 1.54) is 18.5 Å². The number of aryl methyl sites for hydroxylation is 1. The lowest BCUT2D eigenvalue weighted by Gasteiger charge is -2.35. The standard InChI is InChI=1S/C21H30N6O2/c1-4-27-20(16-11-13(2)29-14(3)19(16)24-27)21(28)26-9-7-25(8-10-26)18-12-17(22-23-18)15-5-6-15/h12-15H,4-11H2,1-3H3,(H,22,23)/t13-,14+/m0/s1. The van der Waals surface area contributed by atoms with Crippen molar-refractivity contribution in [3.63, 3.8) is 0 Å². The zero-order valence-corrected chi connectivity index (χ0v) is 17.5. The summed E-state index contributed by atoms with van der Waals surface area (Å²) in [5, 5.41) is 12.4. The molecule has 0 bridgehead atoms. The Bertz CT molecular complexity index is 906. The van der Waals surface area contributed by atoms with Crippen molar-refractivity contribution in [3.8, 4) is 0 Å². The molecule has 1 saturated carbocycles. The average molecular weight is 399 g/mol. The monoisotopic (exact) mass is 398 g/mol. The molecule has 0 radical (unpaired) electrons. The van der Waals surface area contributed by atoms with Crippen molar-refractivity contribution in [1.82, 2.24) is 24.9 Å². The van der Waals surface area contributed by atoms with Crippen LogP contribution in [0.25, 0.3) is 0 Å². The van der Waals surface area contributed by atoms with Crippen LogP contribution in [0, 0.1) is 0 Å². The van der Waals surface area contributed by atoms with Crippen LogP contribution in [-0.2, 0) is 17.7 Å². The number of H-pyrrole nitrogens is 1. The summed E-state index contributed by atoms with van der Waals surface area (Å²) < 4.78 is 7.79. The molecule has 2 atom stereocenters. The number of amides is 1. The third-order valence-corrected chi connectivity index (χ3v) is 6.39. The number of nitrogens with zero attached hydrogens (tertiary/aromatic N) is 5. The first-order valence-electron chi connectivity index (χ1n) is 10.9. The zero-order valence-electron chi connectivity index (χ0n) is 17.5. The predicted octanol–water partition coefficient (Wildman–Crippen LogP) is 2.49. The molecular formula is C21H30N6O2. The molecule has 2 aromatic heterocycles. The molecule has 2 aromatic rings. The van der Waals surface area contributed by atoms with E-state index in [4.69, 9.17) is 9.84 Å². The van der Waals surface area contributed by atoms with Gasteiger partial charge < -0.3 is 14.5 Å². The summed E-state index contributed by atoms with van der Waals surface area (Å²) in [6.07, 6.45) is 3.32. The van der Waals surface area contributed by atoms with Crippen molar-refractivity contribution in [1.29, 1.82) is 0 Å². The first-order chi connectivity index (χ1) is 14.0. The number of rotatable bonds is 4. The van der Waals surface area contributed by atoms with Gasteiger partial charge in [0.15, 0.2) is 5.82 Å². The summed E-state index contributed by atoms with van der Waals surface area (Å²) in [7, 11) is 0. The lowest BCUT2D eigenvalue weighted by Crippen LogP contribution is -2.49. The van der Waals surface area contributed by atoms with E-state index in [1.807, 2.05) is 23.4 Å². The molecule has 4 heterocycles. The number of anilines is 1. The number of piperazine rings is 1. The smallest absolute Gasteiger partial charge is 0.272 e. The van der Waals surface area contributed by atoms with E-state index in [-0.39, 0.29) is 18.1 Å². The molecule has 2 fully saturated rings. The largest absolute Gasteiger partial charge is 0.369 e. The van der Waals surface area contributed by atoms with Crippen LogP contribution in [0.1, 0.15) is 73.1 Å². The van der Waals surface area contributed by atoms with Crippen LogP contribution < -0.4 is 4.90 Å². The van der Waals surface area contributed by atoms with Crippen molar-refractivity contribution in [2.24, 2.45) is 0 Å². The molecule has 2 aliphatic heterocycles. The van der Waals surface area contributed by atoms with Gasteiger partial charge in [0.05, 0.1) is 17.9 Å². The zero-order chi connectivity index (χ0) is 20.1. The highest BCUT2D eigenvalue weighted by Crippen LogP contribution is 2.40. The molecule has 0 aromatic carbocycles. The van der Waals surface area contributed by atoms with Crippen molar-refractivity contribution in [2.45, 2.75) is 64.7 Å². The normalized spacial score (nSPS) is 24.7. The van der Waals surface area contributed by atoms with Gasteiger partial charge in [0, 0.05) is 62.4 Å². The number of carbonyl (C=O) groups excluding carboxylic acids is 1. The Morgan fingerprint density at radius 3 is 2.69 bits per heavy atom. The van der Waals surface area contributed by atoms with Crippen LogP contribution in [0.5, 0.6) is 0 Å². The Kier molecular flexibility index (Phi) is 4.61. The highest BCUT2D eigenvalue weighted by Gasteiger charge is 2.34. The maximum absolute atomic E-state index is 13.5. The molecule has 1 N–H and O–H groups in total. The van der Waals surface area contributed by atoms with Gasteiger partial charge in [0.1, 0.15) is 5.69 Å². The second-order valence-corrected chi connectivity index (χ2v) is 8.56. The van der Waals surface area contributed by atoms with Crippen LogP contribution in [0.2, 0.25) is 0 Å². The summed E-state index contributed by atoms with van der Waals surface area (Å²) in [4.78, 5) is 17.7. The van der Waals surface area contributed by atoms with Gasteiger partial charge in [-0.2, -0.15) is 10.2 Å². The van der Waals surface area contributed by atoms with Gasteiger partial charge in [-0.1, -0.05) is 0 Å². The van der Waals surface area contributed by atoms with E-state index in [2.05, 4.69) is 28.1 Å². The molecule has 8 heteroatoms. The molecule has 0 spiro atoms. The number of carbonyl (C=O) groups is 1. The Labute approximate surface area is 171 Å². The van der Waals surface area contributed by atoms with Crippen molar-refractivity contribution < 1.29 is 9.53 Å². The summed E-state index contributed by atoms with van der Waals surface area (Å²) in [6, 6.07) is 2.18. The SMILES string of the molecule is CCn1nc2c(c1C(=O)N1CCN(c3cc(C4CC4)[nH]n3)CC1)C[C@H](C)O[C@@H]2C. The highest BCUT2D eigenvalue weighted by molar-refractivity contribution is 5.94. The van der Waals surface area contributed by atoms with E-state index >= 15 is 0 Å². The molecule has 5 rings (SSSR count).